The molecule has 0 bridgehead atoms. The van der Waals surface area contributed by atoms with Gasteiger partial charge in [-0.25, -0.2) is 0 Å². The second-order valence-electron chi connectivity index (χ2n) is 5.41. The van der Waals surface area contributed by atoms with Crippen LogP contribution in [0.1, 0.15) is 39.5 Å². The van der Waals surface area contributed by atoms with Crippen molar-refractivity contribution >= 4 is 29.2 Å². The standard InChI is InChI=1S/C14H22Cl2O4/c1-3-10-12(19-10)5-8(15)7-18-14(17)9(16)6-13-11(4-2)20-13/h8-13H,3-7H2,1-2H3. The van der Waals surface area contributed by atoms with Gasteiger partial charge in [0.15, 0.2) is 0 Å². The summed E-state index contributed by atoms with van der Waals surface area (Å²) < 4.78 is 15.9. The lowest BCUT2D eigenvalue weighted by atomic mass is 10.1. The molecule has 0 aromatic carbocycles. The van der Waals surface area contributed by atoms with E-state index in [1.54, 1.807) is 0 Å². The molecule has 2 aliphatic rings. The first kappa shape index (κ1) is 16.3. The molecule has 0 aromatic heterocycles. The fourth-order valence-corrected chi connectivity index (χ4v) is 2.85. The molecule has 2 saturated heterocycles. The summed E-state index contributed by atoms with van der Waals surface area (Å²) in [6.07, 6.45) is 4.07. The molecule has 0 saturated carbocycles. The van der Waals surface area contributed by atoms with Crippen LogP contribution >= 0.6 is 23.2 Å². The molecular formula is C14H22Cl2O4. The number of carbonyl (C=O) groups excluding carboxylic acids is 1. The highest BCUT2D eigenvalue weighted by atomic mass is 35.5. The largest absolute Gasteiger partial charge is 0.463 e. The Kier molecular flexibility index (Phi) is 5.96. The lowest BCUT2D eigenvalue weighted by molar-refractivity contribution is -0.143. The van der Waals surface area contributed by atoms with Crippen molar-refractivity contribution in [3.63, 3.8) is 0 Å². The van der Waals surface area contributed by atoms with Gasteiger partial charge in [-0.15, -0.1) is 23.2 Å². The maximum absolute atomic E-state index is 11.7. The number of hydrogen-bond donors (Lipinski definition) is 0. The second kappa shape index (κ2) is 7.30. The Morgan fingerprint density at radius 2 is 1.60 bits per heavy atom. The van der Waals surface area contributed by atoms with Crippen LogP contribution in [-0.2, 0) is 19.0 Å². The number of esters is 1. The van der Waals surface area contributed by atoms with Gasteiger partial charge < -0.3 is 14.2 Å². The molecule has 6 atom stereocenters. The minimum atomic E-state index is -0.652. The van der Waals surface area contributed by atoms with E-state index in [1.165, 1.54) is 0 Å². The van der Waals surface area contributed by atoms with Crippen molar-refractivity contribution in [2.24, 2.45) is 0 Å². The summed E-state index contributed by atoms with van der Waals surface area (Å²) >= 11 is 12.1. The number of epoxide rings is 2. The zero-order valence-electron chi connectivity index (χ0n) is 11.9. The van der Waals surface area contributed by atoms with Gasteiger partial charge in [0.2, 0.25) is 0 Å². The quantitative estimate of drug-likeness (QED) is 0.372. The van der Waals surface area contributed by atoms with E-state index in [9.17, 15) is 4.79 Å². The number of alkyl halides is 2. The van der Waals surface area contributed by atoms with Crippen LogP contribution in [-0.4, -0.2) is 47.7 Å². The zero-order valence-corrected chi connectivity index (χ0v) is 13.4. The molecular weight excluding hydrogens is 303 g/mol. The van der Waals surface area contributed by atoms with Crippen LogP contribution in [0.2, 0.25) is 0 Å². The minimum Gasteiger partial charge on any atom is -0.463 e. The Labute approximate surface area is 130 Å². The predicted octanol–water partition coefficient (Wildman–Crippen LogP) is 2.88. The second-order valence-corrected chi connectivity index (χ2v) is 6.55. The summed E-state index contributed by atoms with van der Waals surface area (Å²) in [5, 5.41) is -0.870. The zero-order chi connectivity index (χ0) is 14.7. The first-order valence-electron chi connectivity index (χ1n) is 7.30. The Hall–Kier alpha value is -0.0300. The normalized spacial score (nSPS) is 34.4. The van der Waals surface area contributed by atoms with Gasteiger partial charge in [0.25, 0.3) is 0 Å². The van der Waals surface area contributed by atoms with Gasteiger partial charge in [-0.05, 0) is 19.3 Å². The van der Waals surface area contributed by atoms with E-state index in [4.69, 9.17) is 37.4 Å². The van der Waals surface area contributed by atoms with Gasteiger partial charge in [-0.2, -0.15) is 0 Å². The van der Waals surface area contributed by atoms with Crippen LogP contribution in [0.5, 0.6) is 0 Å². The number of carbonyl (C=O) groups is 1. The molecule has 0 spiro atoms. The Balaban J connectivity index is 1.57. The fourth-order valence-electron chi connectivity index (χ4n) is 2.37. The molecule has 0 amide bonds. The highest BCUT2D eigenvalue weighted by molar-refractivity contribution is 6.30. The van der Waals surface area contributed by atoms with E-state index < -0.39 is 11.3 Å². The number of ether oxygens (including phenoxy) is 3. The first-order valence-corrected chi connectivity index (χ1v) is 8.18. The Morgan fingerprint density at radius 1 is 1.05 bits per heavy atom. The summed E-state index contributed by atoms with van der Waals surface area (Å²) in [6, 6.07) is 0. The highest BCUT2D eigenvalue weighted by Gasteiger charge is 2.40. The topological polar surface area (TPSA) is 51.4 Å². The molecule has 2 rings (SSSR count). The van der Waals surface area contributed by atoms with Crippen LogP contribution in [0, 0.1) is 0 Å². The Morgan fingerprint density at radius 3 is 2.10 bits per heavy atom. The van der Waals surface area contributed by atoms with E-state index in [2.05, 4.69) is 6.92 Å². The molecule has 4 nitrogen and oxygen atoms in total. The van der Waals surface area contributed by atoms with E-state index in [0.717, 1.165) is 12.8 Å². The molecule has 6 unspecified atom stereocenters. The first-order chi connectivity index (χ1) is 9.55. The third kappa shape index (κ3) is 4.76. The molecule has 0 N–H and O–H groups in total. The van der Waals surface area contributed by atoms with Gasteiger partial charge in [-0.1, -0.05) is 13.8 Å². The summed E-state index contributed by atoms with van der Waals surface area (Å²) in [5.41, 5.74) is 0. The predicted molar refractivity (Wildman–Crippen MR) is 77.4 cm³/mol. The number of halogens is 2. The van der Waals surface area contributed by atoms with Crippen LogP contribution < -0.4 is 0 Å². The third-order valence-corrected chi connectivity index (χ3v) is 4.43. The Bertz CT molecular complexity index is 339. The summed E-state index contributed by atoms with van der Waals surface area (Å²) in [4.78, 5) is 11.7. The highest BCUT2D eigenvalue weighted by Crippen LogP contribution is 2.32. The van der Waals surface area contributed by atoms with Crippen LogP contribution in [0.15, 0.2) is 0 Å². The summed E-state index contributed by atoms with van der Waals surface area (Å²) in [7, 11) is 0. The lowest BCUT2D eigenvalue weighted by Crippen LogP contribution is -2.24. The molecule has 0 aromatic rings. The van der Waals surface area contributed by atoms with E-state index in [1.807, 2.05) is 6.92 Å². The van der Waals surface area contributed by atoms with Crippen LogP contribution in [0.25, 0.3) is 0 Å². The summed E-state index contributed by atoms with van der Waals surface area (Å²) in [5.74, 6) is -0.411. The van der Waals surface area contributed by atoms with Crippen molar-refractivity contribution in [2.75, 3.05) is 6.61 Å². The van der Waals surface area contributed by atoms with Crippen LogP contribution in [0.3, 0.4) is 0 Å². The van der Waals surface area contributed by atoms with Gasteiger partial charge in [-0.3, -0.25) is 4.79 Å². The van der Waals surface area contributed by atoms with Gasteiger partial charge in [0.05, 0.1) is 29.8 Å². The van der Waals surface area contributed by atoms with Crippen LogP contribution in [0.4, 0.5) is 0 Å². The third-order valence-electron chi connectivity index (χ3n) is 3.77. The molecule has 20 heavy (non-hydrogen) atoms. The fraction of sp³-hybridized carbons (Fsp3) is 0.929. The van der Waals surface area contributed by atoms with E-state index in [0.29, 0.717) is 18.9 Å². The maximum atomic E-state index is 11.7. The van der Waals surface area contributed by atoms with Crippen molar-refractivity contribution in [1.29, 1.82) is 0 Å². The maximum Gasteiger partial charge on any atom is 0.324 e. The van der Waals surface area contributed by atoms with E-state index in [-0.39, 0.29) is 30.3 Å². The van der Waals surface area contributed by atoms with Crippen molar-refractivity contribution in [3.8, 4) is 0 Å². The van der Waals surface area contributed by atoms with E-state index >= 15 is 0 Å². The minimum absolute atomic E-state index is 0.104. The molecule has 116 valence electrons. The molecule has 6 heteroatoms. The molecule has 2 heterocycles. The molecule has 2 fully saturated rings. The van der Waals surface area contributed by atoms with Crippen molar-refractivity contribution in [2.45, 2.75) is 74.7 Å². The van der Waals surface area contributed by atoms with Crippen molar-refractivity contribution < 1.29 is 19.0 Å². The average Bonchev–Trinajstić information content (AvgIpc) is 3.32. The smallest absolute Gasteiger partial charge is 0.324 e. The SMILES string of the molecule is CCC1OC1CC(Cl)COC(=O)C(Cl)CC1OC1CC. The molecule has 0 aliphatic carbocycles. The summed E-state index contributed by atoms with van der Waals surface area (Å²) in [6.45, 7) is 4.31. The molecule has 2 aliphatic heterocycles. The van der Waals surface area contributed by atoms with Gasteiger partial charge in [0.1, 0.15) is 12.0 Å². The lowest BCUT2D eigenvalue weighted by Gasteiger charge is -2.11. The number of hydrogen-bond acceptors (Lipinski definition) is 4. The van der Waals surface area contributed by atoms with Gasteiger partial charge >= 0.3 is 5.97 Å². The van der Waals surface area contributed by atoms with Crippen molar-refractivity contribution in [1.82, 2.24) is 0 Å². The van der Waals surface area contributed by atoms with Gasteiger partial charge in [0, 0.05) is 6.42 Å². The monoisotopic (exact) mass is 324 g/mol. The average molecular weight is 325 g/mol. The molecule has 0 radical (unpaired) electrons. The number of rotatable bonds is 9. The van der Waals surface area contributed by atoms with Crippen molar-refractivity contribution in [3.05, 3.63) is 0 Å².